The van der Waals surface area contributed by atoms with E-state index in [1.54, 1.807) is 36.7 Å². The average Bonchev–Trinajstić information content (AvgIpc) is 3.41. The third kappa shape index (κ3) is 3.86. The predicted octanol–water partition coefficient (Wildman–Crippen LogP) is 5.12. The first-order valence-corrected chi connectivity index (χ1v) is 10.5. The van der Waals surface area contributed by atoms with Crippen LogP contribution in [0.4, 0.5) is 4.39 Å². The number of ether oxygens (including phenoxy) is 4. The van der Waals surface area contributed by atoms with Crippen molar-refractivity contribution in [1.82, 2.24) is 4.98 Å². The molecular weight excluding hydrogens is 413 g/mol. The summed E-state index contributed by atoms with van der Waals surface area (Å²) in [4.78, 5) is 15.6. The van der Waals surface area contributed by atoms with Gasteiger partial charge in [0.1, 0.15) is 34.9 Å². The van der Waals surface area contributed by atoms with E-state index in [1.165, 1.54) is 13.2 Å². The number of hydrogen-bond donors (Lipinski definition) is 0. The van der Waals surface area contributed by atoms with Gasteiger partial charge in [0.25, 0.3) is 0 Å². The predicted molar refractivity (Wildman–Crippen MR) is 114 cm³/mol. The van der Waals surface area contributed by atoms with E-state index in [2.05, 4.69) is 4.98 Å². The molecule has 2 heterocycles. The average molecular weight is 435 g/mol. The third-order valence-electron chi connectivity index (χ3n) is 5.90. The van der Waals surface area contributed by atoms with Gasteiger partial charge in [-0.3, -0.25) is 9.78 Å². The minimum absolute atomic E-state index is 0.0379. The van der Waals surface area contributed by atoms with E-state index in [4.69, 9.17) is 18.9 Å². The SMILES string of the molecule is COC(=O)CC1COc2cc(OC3CCc4c(Oc5ccncc5)ccc(F)c43)ccc21. The van der Waals surface area contributed by atoms with Crippen molar-refractivity contribution >= 4 is 5.97 Å². The highest BCUT2D eigenvalue weighted by Gasteiger charge is 2.32. The molecule has 3 aromatic rings. The Labute approximate surface area is 184 Å². The number of carbonyl (C=O) groups excluding carboxylic acids is 1. The first kappa shape index (κ1) is 20.3. The second-order valence-corrected chi connectivity index (χ2v) is 7.86. The Balaban J connectivity index is 1.35. The summed E-state index contributed by atoms with van der Waals surface area (Å²) in [5.74, 6) is 1.95. The fourth-order valence-electron chi connectivity index (χ4n) is 4.34. The van der Waals surface area contributed by atoms with Gasteiger partial charge < -0.3 is 18.9 Å². The summed E-state index contributed by atoms with van der Waals surface area (Å²) in [7, 11) is 1.38. The Kier molecular flexibility index (Phi) is 5.39. The molecule has 7 heteroatoms. The molecule has 0 radical (unpaired) electrons. The molecular formula is C25H22FNO5. The van der Waals surface area contributed by atoms with Gasteiger partial charge in [0.15, 0.2) is 0 Å². The van der Waals surface area contributed by atoms with Crippen LogP contribution in [0.5, 0.6) is 23.0 Å². The number of halogens is 1. The van der Waals surface area contributed by atoms with Gasteiger partial charge in [0.2, 0.25) is 0 Å². The summed E-state index contributed by atoms with van der Waals surface area (Å²) in [5, 5.41) is 0. The molecule has 0 fully saturated rings. The molecule has 2 atom stereocenters. The van der Waals surface area contributed by atoms with Crippen LogP contribution in [0.25, 0.3) is 0 Å². The lowest BCUT2D eigenvalue weighted by Crippen LogP contribution is -2.09. The number of fused-ring (bicyclic) bond motifs is 2. The van der Waals surface area contributed by atoms with Gasteiger partial charge in [-0.2, -0.15) is 0 Å². The molecule has 2 aromatic carbocycles. The van der Waals surface area contributed by atoms with Crippen LogP contribution in [0.3, 0.4) is 0 Å². The summed E-state index contributed by atoms with van der Waals surface area (Å²) in [6.07, 6.45) is 4.45. The minimum Gasteiger partial charge on any atom is -0.492 e. The Morgan fingerprint density at radius 2 is 2.00 bits per heavy atom. The number of methoxy groups -OCH3 is 1. The van der Waals surface area contributed by atoms with Crippen LogP contribution < -0.4 is 14.2 Å². The lowest BCUT2D eigenvalue weighted by molar-refractivity contribution is -0.141. The molecule has 2 unspecified atom stereocenters. The molecule has 0 bridgehead atoms. The lowest BCUT2D eigenvalue weighted by atomic mass is 9.98. The zero-order chi connectivity index (χ0) is 22.1. The molecule has 1 aliphatic carbocycles. The van der Waals surface area contributed by atoms with Gasteiger partial charge in [-0.05, 0) is 43.2 Å². The molecule has 0 saturated heterocycles. The standard InChI is InChI=1S/C25H22FNO5/c1-29-24(28)12-15-14-30-23-13-17(2-3-18(15)23)32-22-6-4-19-21(7-5-20(26)25(19)22)31-16-8-10-27-11-9-16/h2-3,5,7-11,13,15,22H,4,6,12,14H2,1H3. The molecule has 1 aliphatic heterocycles. The maximum atomic E-state index is 14.8. The second kappa shape index (κ2) is 8.49. The Morgan fingerprint density at radius 3 is 2.81 bits per heavy atom. The van der Waals surface area contributed by atoms with Crippen LogP contribution in [-0.2, 0) is 16.0 Å². The summed E-state index contributed by atoms with van der Waals surface area (Å²) < 4.78 is 37.4. The summed E-state index contributed by atoms with van der Waals surface area (Å²) >= 11 is 0. The number of pyridine rings is 1. The van der Waals surface area contributed by atoms with Crippen molar-refractivity contribution in [3.63, 3.8) is 0 Å². The van der Waals surface area contributed by atoms with Crippen molar-refractivity contribution in [2.75, 3.05) is 13.7 Å². The Bertz CT molecular complexity index is 1150. The van der Waals surface area contributed by atoms with Crippen molar-refractivity contribution in [3.8, 4) is 23.0 Å². The summed E-state index contributed by atoms with van der Waals surface area (Å²) in [5.41, 5.74) is 2.30. The molecule has 32 heavy (non-hydrogen) atoms. The highest BCUT2D eigenvalue weighted by molar-refractivity contribution is 5.71. The zero-order valence-electron chi connectivity index (χ0n) is 17.5. The van der Waals surface area contributed by atoms with E-state index < -0.39 is 6.10 Å². The number of rotatable bonds is 6. The first-order chi connectivity index (χ1) is 15.6. The summed E-state index contributed by atoms with van der Waals surface area (Å²) in [6.45, 7) is 0.421. The van der Waals surface area contributed by atoms with E-state index in [0.717, 1.165) is 11.1 Å². The Morgan fingerprint density at radius 1 is 1.16 bits per heavy atom. The van der Waals surface area contributed by atoms with Gasteiger partial charge in [-0.25, -0.2) is 4.39 Å². The fraction of sp³-hybridized carbons (Fsp3) is 0.280. The van der Waals surface area contributed by atoms with Crippen LogP contribution in [-0.4, -0.2) is 24.7 Å². The normalized spacial score (nSPS) is 18.4. The fourth-order valence-corrected chi connectivity index (χ4v) is 4.34. The van der Waals surface area contributed by atoms with E-state index >= 15 is 0 Å². The van der Waals surface area contributed by atoms with Crippen LogP contribution in [0.2, 0.25) is 0 Å². The van der Waals surface area contributed by atoms with Crippen LogP contribution in [0.1, 0.15) is 41.6 Å². The first-order valence-electron chi connectivity index (χ1n) is 10.5. The smallest absolute Gasteiger partial charge is 0.306 e. The molecule has 0 saturated carbocycles. The molecule has 2 aliphatic rings. The highest BCUT2D eigenvalue weighted by Crippen LogP contribution is 2.44. The molecule has 0 N–H and O–H groups in total. The summed E-state index contributed by atoms with van der Waals surface area (Å²) in [6, 6.07) is 12.1. The van der Waals surface area contributed by atoms with Gasteiger partial charge in [0.05, 0.1) is 20.1 Å². The molecule has 6 nitrogen and oxygen atoms in total. The van der Waals surface area contributed by atoms with Crippen molar-refractivity contribution < 1.29 is 28.1 Å². The van der Waals surface area contributed by atoms with E-state index in [9.17, 15) is 9.18 Å². The van der Waals surface area contributed by atoms with E-state index in [-0.39, 0.29) is 24.1 Å². The molecule has 164 valence electrons. The molecule has 5 rings (SSSR count). The zero-order valence-corrected chi connectivity index (χ0v) is 17.5. The number of hydrogen-bond acceptors (Lipinski definition) is 6. The van der Waals surface area contributed by atoms with Crippen molar-refractivity contribution in [3.05, 3.63) is 77.4 Å². The number of nitrogens with zero attached hydrogens (tertiary/aromatic N) is 1. The molecule has 0 amide bonds. The van der Waals surface area contributed by atoms with Crippen LogP contribution in [0.15, 0.2) is 54.9 Å². The highest BCUT2D eigenvalue weighted by atomic mass is 19.1. The quantitative estimate of drug-likeness (QED) is 0.501. The topological polar surface area (TPSA) is 66.9 Å². The number of aromatic nitrogens is 1. The van der Waals surface area contributed by atoms with Crippen molar-refractivity contribution in [1.29, 1.82) is 0 Å². The van der Waals surface area contributed by atoms with Crippen LogP contribution >= 0.6 is 0 Å². The number of esters is 1. The lowest BCUT2D eigenvalue weighted by Gasteiger charge is -2.17. The third-order valence-corrected chi connectivity index (χ3v) is 5.90. The van der Waals surface area contributed by atoms with Crippen LogP contribution in [0, 0.1) is 5.82 Å². The van der Waals surface area contributed by atoms with E-state index in [0.29, 0.717) is 48.0 Å². The van der Waals surface area contributed by atoms with E-state index in [1.807, 2.05) is 12.1 Å². The molecule has 0 spiro atoms. The largest absolute Gasteiger partial charge is 0.492 e. The molecule has 1 aromatic heterocycles. The maximum absolute atomic E-state index is 14.8. The Hall–Kier alpha value is -3.61. The monoisotopic (exact) mass is 435 g/mol. The van der Waals surface area contributed by atoms with Gasteiger partial charge in [0, 0.05) is 41.1 Å². The second-order valence-electron chi connectivity index (χ2n) is 7.86. The number of carbonyl (C=O) groups is 1. The minimum atomic E-state index is -0.420. The maximum Gasteiger partial charge on any atom is 0.306 e. The van der Waals surface area contributed by atoms with Gasteiger partial charge in [-0.1, -0.05) is 6.07 Å². The van der Waals surface area contributed by atoms with Gasteiger partial charge in [-0.15, -0.1) is 0 Å². The number of benzene rings is 2. The van der Waals surface area contributed by atoms with Crippen molar-refractivity contribution in [2.24, 2.45) is 0 Å². The van der Waals surface area contributed by atoms with Gasteiger partial charge >= 0.3 is 5.97 Å². The van der Waals surface area contributed by atoms with Crippen molar-refractivity contribution in [2.45, 2.75) is 31.3 Å².